The Labute approximate surface area is 134 Å². The Balaban J connectivity index is 1.65. The molecule has 0 bridgehead atoms. The zero-order valence-electron chi connectivity index (χ0n) is 13.1. The predicted octanol–water partition coefficient (Wildman–Crippen LogP) is 2.73. The van der Waals surface area contributed by atoms with Crippen molar-refractivity contribution < 1.29 is 4.79 Å². The molecule has 1 aliphatic rings. The van der Waals surface area contributed by atoms with Crippen molar-refractivity contribution in [1.29, 1.82) is 0 Å². The van der Waals surface area contributed by atoms with E-state index in [0.29, 0.717) is 0 Å². The van der Waals surface area contributed by atoms with Crippen molar-refractivity contribution in [2.24, 2.45) is 7.05 Å². The SMILES string of the molecule is Cc1nnc(S[C@H](C)C(=O)Nc2ccc3c(c2)CCC3)n1C. The number of nitrogens with zero attached hydrogens (tertiary/aromatic N) is 3. The molecule has 0 spiro atoms. The maximum absolute atomic E-state index is 12.3. The number of nitrogens with one attached hydrogen (secondary N) is 1. The van der Waals surface area contributed by atoms with E-state index in [-0.39, 0.29) is 11.2 Å². The number of aromatic nitrogens is 3. The van der Waals surface area contributed by atoms with Gasteiger partial charge in [-0.25, -0.2) is 0 Å². The number of hydrogen-bond acceptors (Lipinski definition) is 4. The molecule has 3 rings (SSSR count). The number of carbonyl (C=O) groups excluding carboxylic acids is 1. The molecule has 1 atom stereocenters. The molecule has 0 saturated heterocycles. The van der Waals surface area contributed by atoms with Gasteiger partial charge < -0.3 is 9.88 Å². The van der Waals surface area contributed by atoms with Crippen LogP contribution < -0.4 is 5.32 Å². The first-order chi connectivity index (χ1) is 10.5. The number of aryl methyl sites for hydroxylation is 3. The molecule has 0 unspecified atom stereocenters. The monoisotopic (exact) mass is 316 g/mol. The summed E-state index contributed by atoms with van der Waals surface area (Å²) >= 11 is 1.42. The van der Waals surface area contributed by atoms with Crippen LogP contribution in [0.3, 0.4) is 0 Å². The Morgan fingerprint density at radius 3 is 2.82 bits per heavy atom. The van der Waals surface area contributed by atoms with Gasteiger partial charge in [0.1, 0.15) is 5.82 Å². The van der Waals surface area contributed by atoms with Crippen molar-refractivity contribution in [3.8, 4) is 0 Å². The average Bonchev–Trinajstić information content (AvgIpc) is 3.08. The first-order valence-electron chi connectivity index (χ1n) is 7.50. The minimum absolute atomic E-state index is 0.0106. The van der Waals surface area contributed by atoms with Crippen LogP contribution >= 0.6 is 11.8 Å². The van der Waals surface area contributed by atoms with Crippen LogP contribution in [0.5, 0.6) is 0 Å². The summed E-state index contributed by atoms with van der Waals surface area (Å²) in [5, 5.41) is 11.6. The summed E-state index contributed by atoms with van der Waals surface area (Å²) in [6.45, 7) is 3.78. The highest BCUT2D eigenvalue weighted by molar-refractivity contribution is 8.00. The number of amides is 1. The minimum atomic E-state index is -0.226. The second-order valence-corrected chi connectivity index (χ2v) is 6.98. The number of rotatable bonds is 4. The molecular weight excluding hydrogens is 296 g/mol. The fraction of sp³-hybridized carbons (Fsp3) is 0.438. The molecule has 1 aliphatic carbocycles. The van der Waals surface area contributed by atoms with Gasteiger partial charge in [0.25, 0.3) is 0 Å². The molecule has 0 saturated carbocycles. The third kappa shape index (κ3) is 3.02. The largest absolute Gasteiger partial charge is 0.325 e. The zero-order valence-corrected chi connectivity index (χ0v) is 13.9. The number of benzene rings is 1. The van der Waals surface area contributed by atoms with Gasteiger partial charge in [-0.05, 0) is 56.4 Å². The highest BCUT2D eigenvalue weighted by atomic mass is 32.2. The molecule has 0 radical (unpaired) electrons. The van der Waals surface area contributed by atoms with Crippen LogP contribution in [-0.2, 0) is 24.7 Å². The maximum Gasteiger partial charge on any atom is 0.237 e. The summed E-state index contributed by atoms with van der Waals surface area (Å²) in [6, 6.07) is 6.22. The fourth-order valence-electron chi connectivity index (χ4n) is 2.60. The fourth-order valence-corrected chi connectivity index (χ4v) is 3.46. The van der Waals surface area contributed by atoms with Crippen molar-refractivity contribution >= 4 is 23.4 Å². The Morgan fingerprint density at radius 1 is 1.32 bits per heavy atom. The lowest BCUT2D eigenvalue weighted by Gasteiger charge is -2.12. The lowest BCUT2D eigenvalue weighted by Crippen LogP contribution is -2.23. The molecule has 22 heavy (non-hydrogen) atoms. The third-order valence-electron chi connectivity index (χ3n) is 4.07. The van der Waals surface area contributed by atoms with E-state index in [2.05, 4.69) is 27.6 Å². The zero-order chi connectivity index (χ0) is 15.7. The summed E-state index contributed by atoms with van der Waals surface area (Å²) < 4.78 is 1.89. The molecule has 1 amide bonds. The summed E-state index contributed by atoms with van der Waals surface area (Å²) in [7, 11) is 1.91. The summed E-state index contributed by atoms with van der Waals surface area (Å²) in [5.74, 6) is 0.831. The van der Waals surface area contributed by atoms with Crippen molar-refractivity contribution in [1.82, 2.24) is 14.8 Å². The number of anilines is 1. The van der Waals surface area contributed by atoms with Crippen LogP contribution in [0.4, 0.5) is 5.69 Å². The van der Waals surface area contributed by atoms with Crippen LogP contribution in [0.1, 0.15) is 30.3 Å². The van der Waals surface area contributed by atoms with E-state index in [0.717, 1.165) is 29.5 Å². The summed E-state index contributed by atoms with van der Waals surface area (Å²) in [4.78, 5) is 12.3. The molecule has 1 N–H and O–H groups in total. The standard InChI is InChI=1S/C16H20N4OS/c1-10(22-16-19-18-11(2)20(16)3)15(21)17-14-8-7-12-5-4-6-13(12)9-14/h7-10H,4-6H2,1-3H3,(H,17,21)/t10-/m1/s1. The summed E-state index contributed by atoms with van der Waals surface area (Å²) in [6.07, 6.45) is 3.48. The molecule has 1 aromatic heterocycles. The van der Waals surface area contributed by atoms with Gasteiger partial charge in [0.05, 0.1) is 5.25 Å². The molecule has 1 aromatic carbocycles. The van der Waals surface area contributed by atoms with Crippen molar-refractivity contribution in [3.63, 3.8) is 0 Å². The van der Waals surface area contributed by atoms with Crippen molar-refractivity contribution in [2.45, 2.75) is 43.5 Å². The van der Waals surface area contributed by atoms with Crippen LogP contribution in [-0.4, -0.2) is 25.9 Å². The third-order valence-corrected chi connectivity index (χ3v) is 5.20. The van der Waals surface area contributed by atoms with E-state index < -0.39 is 0 Å². The van der Waals surface area contributed by atoms with E-state index in [4.69, 9.17) is 0 Å². The van der Waals surface area contributed by atoms with E-state index >= 15 is 0 Å². The lowest BCUT2D eigenvalue weighted by atomic mass is 10.1. The van der Waals surface area contributed by atoms with Gasteiger partial charge in [-0.3, -0.25) is 4.79 Å². The van der Waals surface area contributed by atoms with E-state index in [1.165, 1.54) is 29.3 Å². The van der Waals surface area contributed by atoms with Gasteiger partial charge in [-0.2, -0.15) is 0 Å². The normalized spacial score (nSPS) is 14.7. The van der Waals surface area contributed by atoms with Crippen molar-refractivity contribution in [3.05, 3.63) is 35.2 Å². The first-order valence-corrected chi connectivity index (χ1v) is 8.38. The van der Waals surface area contributed by atoms with Crippen LogP contribution in [0.25, 0.3) is 0 Å². The molecule has 0 fully saturated rings. The highest BCUT2D eigenvalue weighted by Gasteiger charge is 2.19. The molecule has 6 heteroatoms. The van der Waals surface area contributed by atoms with Gasteiger partial charge in [0, 0.05) is 12.7 Å². The van der Waals surface area contributed by atoms with Gasteiger partial charge in [-0.1, -0.05) is 17.8 Å². The second kappa shape index (κ2) is 6.12. The Bertz CT molecular complexity index is 710. The Hall–Kier alpha value is -1.82. The smallest absolute Gasteiger partial charge is 0.237 e. The predicted molar refractivity (Wildman–Crippen MR) is 88.2 cm³/mol. The van der Waals surface area contributed by atoms with Gasteiger partial charge in [0.2, 0.25) is 5.91 Å². The topological polar surface area (TPSA) is 59.8 Å². The molecule has 1 heterocycles. The number of thioether (sulfide) groups is 1. The quantitative estimate of drug-likeness (QED) is 0.881. The van der Waals surface area contributed by atoms with Crippen LogP contribution in [0, 0.1) is 6.92 Å². The second-order valence-electron chi connectivity index (χ2n) is 5.68. The van der Waals surface area contributed by atoms with Crippen LogP contribution in [0.15, 0.2) is 23.4 Å². The molecule has 116 valence electrons. The van der Waals surface area contributed by atoms with Crippen LogP contribution in [0.2, 0.25) is 0 Å². The number of carbonyl (C=O) groups is 1. The van der Waals surface area contributed by atoms with Gasteiger partial charge in [-0.15, -0.1) is 10.2 Å². The molecule has 0 aliphatic heterocycles. The van der Waals surface area contributed by atoms with E-state index in [1.54, 1.807) is 0 Å². The molecule has 2 aromatic rings. The average molecular weight is 316 g/mol. The Morgan fingerprint density at radius 2 is 2.09 bits per heavy atom. The lowest BCUT2D eigenvalue weighted by molar-refractivity contribution is -0.115. The molecule has 5 nitrogen and oxygen atoms in total. The highest BCUT2D eigenvalue weighted by Crippen LogP contribution is 2.26. The first kappa shape index (κ1) is 15.1. The van der Waals surface area contributed by atoms with Gasteiger partial charge in [0.15, 0.2) is 5.16 Å². The van der Waals surface area contributed by atoms with Gasteiger partial charge >= 0.3 is 0 Å². The van der Waals surface area contributed by atoms with E-state index in [9.17, 15) is 4.79 Å². The maximum atomic E-state index is 12.3. The number of hydrogen-bond donors (Lipinski definition) is 1. The minimum Gasteiger partial charge on any atom is -0.325 e. The number of fused-ring (bicyclic) bond motifs is 1. The Kier molecular flexibility index (Phi) is 4.20. The van der Waals surface area contributed by atoms with Crippen molar-refractivity contribution in [2.75, 3.05) is 5.32 Å². The molecular formula is C16H20N4OS. The van der Waals surface area contributed by atoms with E-state index in [1.807, 2.05) is 31.5 Å². The summed E-state index contributed by atoms with van der Waals surface area (Å²) in [5.41, 5.74) is 3.66.